The Morgan fingerprint density at radius 3 is 2.55 bits per heavy atom. The van der Waals surface area contributed by atoms with Gasteiger partial charge in [-0.1, -0.05) is 24.3 Å². The molecule has 0 unspecified atom stereocenters. The monoisotopic (exact) mass is 396 g/mol. The first-order valence-electron chi connectivity index (χ1n) is 9.66. The van der Waals surface area contributed by atoms with Crippen LogP contribution in [0.2, 0.25) is 0 Å². The average molecular weight is 396 g/mol. The molecular weight excluding hydrogens is 372 g/mol. The Morgan fingerprint density at radius 1 is 1.10 bits per heavy atom. The first-order chi connectivity index (χ1) is 13.8. The number of benzene rings is 2. The number of nitrogens with zero attached hydrogens (tertiary/aromatic N) is 1. The molecule has 1 amide bonds. The second kappa shape index (κ2) is 8.86. The van der Waals surface area contributed by atoms with E-state index in [4.69, 9.17) is 4.74 Å². The lowest BCUT2D eigenvalue weighted by Crippen LogP contribution is -2.22. The number of nitro benzene ring substituents is 1. The number of aryl methyl sites for hydroxylation is 3. The van der Waals surface area contributed by atoms with Crippen molar-refractivity contribution >= 4 is 23.3 Å². The maximum Gasteiger partial charge on any atom is 0.310 e. The van der Waals surface area contributed by atoms with Crippen LogP contribution in [0.25, 0.3) is 0 Å². The number of carbonyl (C=O) groups excluding carboxylic acids is 2. The van der Waals surface area contributed by atoms with E-state index in [9.17, 15) is 19.7 Å². The van der Waals surface area contributed by atoms with E-state index in [-0.39, 0.29) is 17.8 Å². The third kappa shape index (κ3) is 4.99. The molecular formula is C22H24N2O5. The quantitative estimate of drug-likeness (QED) is 0.455. The number of fused-ring (bicyclic) bond motifs is 1. The molecule has 1 aliphatic rings. The summed E-state index contributed by atoms with van der Waals surface area (Å²) >= 11 is 0. The minimum absolute atomic E-state index is 0.0875. The fourth-order valence-corrected chi connectivity index (χ4v) is 3.55. The van der Waals surface area contributed by atoms with Gasteiger partial charge in [-0.3, -0.25) is 19.7 Å². The van der Waals surface area contributed by atoms with Crippen LogP contribution in [0.4, 0.5) is 11.4 Å². The smallest absolute Gasteiger partial charge is 0.310 e. The van der Waals surface area contributed by atoms with Gasteiger partial charge in [0.25, 0.3) is 11.6 Å². The number of carbonyl (C=O) groups is 2. The SMILES string of the molecule is Cc1ccc([N+](=O)[O-])c(NC(=O)COC(=O)Cc2ccc3c(c2)CCCC3)c1C. The largest absolute Gasteiger partial charge is 0.455 e. The lowest BCUT2D eigenvalue weighted by atomic mass is 9.90. The molecule has 0 fully saturated rings. The second-order valence-corrected chi connectivity index (χ2v) is 7.35. The normalized spacial score (nSPS) is 12.8. The van der Waals surface area contributed by atoms with Crippen molar-refractivity contribution in [2.75, 3.05) is 11.9 Å². The zero-order valence-corrected chi connectivity index (χ0v) is 16.6. The summed E-state index contributed by atoms with van der Waals surface area (Å²) in [6.45, 7) is 3.00. The highest BCUT2D eigenvalue weighted by Crippen LogP contribution is 2.30. The maximum absolute atomic E-state index is 12.2. The summed E-state index contributed by atoms with van der Waals surface area (Å²) in [5, 5.41) is 13.7. The van der Waals surface area contributed by atoms with E-state index in [1.807, 2.05) is 12.1 Å². The van der Waals surface area contributed by atoms with Gasteiger partial charge in [-0.25, -0.2) is 0 Å². The number of anilines is 1. The van der Waals surface area contributed by atoms with E-state index in [0.717, 1.165) is 30.4 Å². The topological polar surface area (TPSA) is 98.5 Å². The van der Waals surface area contributed by atoms with Crippen LogP contribution in [-0.4, -0.2) is 23.4 Å². The van der Waals surface area contributed by atoms with Crippen molar-refractivity contribution in [3.8, 4) is 0 Å². The van der Waals surface area contributed by atoms with Crippen molar-refractivity contribution in [2.45, 2.75) is 46.0 Å². The Labute approximate surface area is 169 Å². The van der Waals surface area contributed by atoms with Crippen LogP contribution in [0, 0.1) is 24.0 Å². The third-order valence-corrected chi connectivity index (χ3v) is 5.30. The standard InChI is InChI=1S/C22H24N2O5/c1-14-7-10-19(24(27)28)22(15(14)2)23-20(25)13-29-21(26)12-16-8-9-17-5-3-4-6-18(17)11-16/h7-11H,3-6,12-13H2,1-2H3,(H,23,25). The van der Waals surface area contributed by atoms with Crippen LogP contribution in [0.3, 0.4) is 0 Å². The molecule has 7 heteroatoms. The predicted octanol–water partition coefficient (Wildman–Crippen LogP) is 3.81. The fourth-order valence-electron chi connectivity index (χ4n) is 3.55. The van der Waals surface area contributed by atoms with Crippen molar-refractivity contribution in [3.05, 3.63) is 68.3 Å². The lowest BCUT2D eigenvalue weighted by molar-refractivity contribution is -0.384. The van der Waals surface area contributed by atoms with Gasteiger partial charge in [0.05, 0.1) is 11.3 Å². The highest BCUT2D eigenvalue weighted by atomic mass is 16.6. The Bertz CT molecular complexity index is 968. The number of amides is 1. The number of ether oxygens (including phenoxy) is 1. The summed E-state index contributed by atoms with van der Waals surface area (Å²) in [4.78, 5) is 35.0. The molecule has 0 radical (unpaired) electrons. The molecule has 1 aliphatic carbocycles. The number of hydrogen-bond donors (Lipinski definition) is 1. The first kappa shape index (κ1) is 20.5. The molecule has 152 valence electrons. The molecule has 0 saturated carbocycles. The lowest BCUT2D eigenvalue weighted by Gasteiger charge is -2.16. The maximum atomic E-state index is 12.2. The molecule has 0 aliphatic heterocycles. The molecule has 0 spiro atoms. The Morgan fingerprint density at radius 2 is 1.83 bits per heavy atom. The molecule has 0 aromatic heterocycles. The Balaban J connectivity index is 1.58. The van der Waals surface area contributed by atoms with Crippen molar-refractivity contribution in [1.29, 1.82) is 0 Å². The van der Waals surface area contributed by atoms with E-state index in [1.165, 1.54) is 23.6 Å². The van der Waals surface area contributed by atoms with Gasteiger partial charge in [0.15, 0.2) is 6.61 Å². The van der Waals surface area contributed by atoms with Gasteiger partial charge in [-0.15, -0.1) is 0 Å². The van der Waals surface area contributed by atoms with Gasteiger partial charge in [0, 0.05) is 6.07 Å². The summed E-state index contributed by atoms with van der Waals surface area (Å²) in [5.41, 5.74) is 4.83. The van der Waals surface area contributed by atoms with Crippen LogP contribution in [0.5, 0.6) is 0 Å². The molecule has 0 heterocycles. The molecule has 0 saturated heterocycles. The molecule has 2 aromatic carbocycles. The van der Waals surface area contributed by atoms with Gasteiger partial charge in [0.1, 0.15) is 5.69 Å². The van der Waals surface area contributed by atoms with E-state index in [2.05, 4.69) is 11.4 Å². The minimum Gasteiger partial charge on any atom is -0.455 e. The third-order valence-electron chi connectivity index (χ3n) is 5.30. The number of rotatable bonds is 6. The highest BCUT2D eigenvalue weighted by molar-refractivity contribution is 5.96. The van der Waals surface area contributed by atoms with Crippen LogP contribution in [0.1, 0.15) is 40.7 Å². The van der Waals surface area contributed by atoms with E-state index in [1.54, 1.807) is 19.9 Å². The number of hydrogen-bond acceptors (Lipinski definition) is 5. The molecule has 3 rings (SSSR count). The Hall–Kier alpha value is -3.22. The summed E-state index contributed by atoms with van der Waals surface area (Å²) in [6.07, 6.45) is 4.54. The zero-order chi connectivity index (χ0) is 21.0. The summed E-state index contributed by atoms with van der Waals surface area (Å²) in [7, 11) is 0. The van der Waals surface area contributed by atoms with Crippen LogP contribution in [0.15, 0.2) is 30.3 Å². The fraction of sp³-hybridized carbons (Fsp3) is 0.364. The summed E-state index contributed by atoms with van der Waals surface area (Å²) in [6, 6.07) is 8.99. The first-order valence-corrected chi connectivity index (χ1v) is 9.66. The van der Waals surface area contributed by atoms with Crippen LogP contribution >= 0.6 is 0 Å². The van der Waals surface area contributed by atoms with Crippen molar-refractivity contribution in [3.63, 3.8) is 0 Å². The summed E-state index contributed by atoms with van der Waals surface area (Å²) < 4.78 is 5.07. The van der Waals surface area contributed by atoms with Crippen molar-refractivity contribution in [1.82, 2.24) is 0 Å². The number of nitrogens with one attached hydrogen (secondary N) is 1. The second-order valence-electron chi connectivity index (χ2n) is 7.35. The number of nitro groups is 1. The van der Waals surface area contributed by atoms with Crippen molar-refractivity contribution in [2.24, 2.45) is 0 Å². The molecule has 1 N–H and O–H groups in total. The van der Waals surface area contributed by atoms with Crippen molar-refractivity contribution < 1.29 is 19.2 Å². The van der Waals surface area contributed by atoms with Gasteiger partial charge in [0.2, 0.25) is 0 Å². The van der Waals surface area contributed by atoms with Gasteiger partial charge in [-0.05, 0) is 67.3 Å². The molecule has 7 nitrogen and oxygen atoms in total. The highest BCUT2D eigenvalue weighted by Gasteiger charge is 2.20. The van der Waals surface area contributed by atoms with Gasteiger partial charge < -0.3 is 10.1 Å². The predicted molar refractivity (Wildman–Crippen MR) is 109 cm³/mol. The summed E-state index contributed by atoms with van der Waals surface area (Å²) in [5.74, 6) is -1.12. The van der Waals surface area contributed by atoms with E-state index < -0.39 is 23.4 Å². The van der Waals surface area contributed by atoms with E-state index in [0.29, 0.717) is 5.56 Å². The molecule has 2 aromatic rings. The number of esters is 1. The Kier molecular flexibility index (Phi) is 6.26. The molecule has 0 bridgehead atoms. The van der Waals surface area contributed by atoms with Gasteiger partial charge >= 0.3 is 5.97 Å². The molecule has 29 heavy (non-hydrogen) atoms. The van der Waals surface area contributed by atoms with Crippen LogP contribution < -0.4 is 5.32 Å². The van der Waals surface area contributed by atoms with E-state index >= 15 is 0 Å². The van der Waals surface area contributed by atoms with Gasteiger partial charge in [-0.2, -0.15) is 0 Å². The average Bonchev–Trinajstić information content (AvgIpc) is 2.69. The minimum atomic E-state index is -0.611. The molecule has 0 atom stereocenters. The zero-order valence-electron chi connectivity index (χ0n) is 16.6. The van der Waals surface area contributed by atoms with Crippen LogP contribution in [-0.2, 0) is 33.6 Å².